The van der Waals surface area contributed by atoms with Crippen molar-refractivity contribution in [3.05, 3.63) is 23.8 Å². The van der Waals surface area contributed by atoms with Gasteiger partial charge < -0.3 is 20.1 Å². The minimum Gasteiger partial charge on any atom is -0.496 e. The van der Waals surface area contributed by atoms with E-state index in [9.17, 15) is 0 Å². The van der Waals surface area contributed by atoms with Crippen LogP contribution in [0.5, 0.6) is 5.75 Å². The van der Waals surface area contributed by atoms with Crippen molar-refractivity contribution in [3.8, 4) is 5.75 Å². The Balaban J connectivity index is 2.41. The Morgan fingerprint density at radius 1 is 1.45 bits per heavy atom. The summed E-state index contributed by atoms with van der Waals surface area (Å²) in [6, 6.07) is 6.04. The summed E-state index contributed by atoms with van der Waals surface area (Å²) in [5, 5.41) is 0. The van der Waals surface area contributed by atoms with Gasteiger partial charge in [0.1, 0.15) is 5.75 Å². The lowest BCUT2D eigenvalue weighted by molar-refractivity contribution is -0.0750. The van der Waals surface area contributed by atoms with Crippen LogP contribution in [0.3, 0.4) is 0 Å². The molecular weight excluding hydrogens is 252 g/mol. The number of methoxy groups -OCH3 is 1. The smallest absolute Gasteiger partial charge is 0.125 e. The maximum Gasteiger partial charge on any atom is 0.125 e. The highest BCUT2D eigenvalue weighted by Crippen LogP contribution is 2.36. The summed E-state index contributed by atoms with van der Waals surface area (Å²) in [5.74, 6) is 0.856. The highest BCUT2D eigenvalue weighted by atomic mass is 16.5. The fourth-order valence-corrected chi connectivity index (χ4v) is 3.08. The molecule has 1 aromatic rings. The van der Waals surface area contributed by atoms with E-state index in [4.69, 9.17) is 15.2 Å². The molecule has 1 aromatic carbocycles. The van der Waals surface area contributed by atoms with Gasteiger partial charge in [0, 0.05) is 30.4 Å². The van der Waals surface area contributed by atoms with Gasteiger partial charge in [-0.15, -0.1) is 0 Å². The van der Waals surface area contributed by atoms with Crippen LogP contribution in [-0.2, 0) is 4.74 Å². The van der Waals surface area contributed by atoms with E-state index in [1.165, 1.54) is 0 Å². The van der Waals surface area contributed by atoms with Crippen LogP contribution in [0.15, 0.2) is 18.2 Å². The van der Waals surface area contributed by atoms with Crippen LogP contribution in [0.4, 0.5) is 5.69 Å². The van der Waals surface area contributed by atoms with Crippen molar-refractivity contribution in [1.82, 2.24) is 0 Å². The van der Waals surface area contributed by atoms with E-state index in [2.05, 4.69) is 31.7 Å². The number of nitrogens with zero attached hydrogens (tertiary/aromatic N) is 1. The summed E-state index contributed by atoms with van der Waals surface area (Å²) in [4.78, 5) is 2.36. The Morgan fingerprint density at radius 3 is 2.70 bits per heavy atom. The van der Waals surface area contributed by atoms with Crippen molar-refractivity contribution >= 4 is 5.69 Å². The summed E-state index contributed by atoms with van der Waals surface area (Å²) >= 11 is 0. The van der Waals surface area contributed by atoms with Crippen LogP contribution in [-0.4, -0.2) is 31.9 Å². The van der Waals surface area contributed by atoms with Gasteiger partial charge in [-0.2, -0.15) is 0 Å². The number of hydrogen-bond donors (Lipinski definition) is 1. The highest BCUT2D eigenvalue weighted by Gasteiger charge is 2.33. The molecule has 4 nitrogen and oxygen atoms in total. The molecule has 0 saturated carbocycles. The van der Waals surface area contributed by atoms with Gasteiger partial charge in [0.15, 0.2) is 0 Å². The Morgan fingerprint density at radius 2 is 2.15 bits per heavy atom. The molecule has 2 atom stereocenters. The maximum absolute atomic E-state index is 6.16. The topological polar surface area (TPSA) is 47.7 Å². The number of benzene rings is 1. The summed E-state index contributed by atoms with van der Waals surface area (Å²) in [7, 11) is 1.69. The fourth-order valence-electron chi connectivity index (χ4n) is 3.08. The second kappa shape index (κ2) is 5.62. The monoisotopic (exact) mass is 278 g/mol. The Bertz CT molecular complexity index is 472. The predicted molar refractivity (Wildman–Crippen MR) is 82.4 cm³/mol. The van der Waals surface area contributed by atoms with Gasteiger partial charge in [-0.1, -0.05) is 6.07 Å². The molecule has 0 amide bonds. The van der Waals surface area contributed by atoms with Crippen LogP contribution in [0.2, 0.25) is 0 Å². The van der Waals surface area contributed by atoms with Gasteiger partial charge in [0.2, 0.25) is 0 Å². The predicted octanol–water partition coefficient (Wildman–Crippen LogP) is 2.72. The summed E-state index contributed by atoms with van der Waals surface area (Å²) in [6.45, 7) is 10.1. The molecule has 1 unspecified atom stereocenters. The molecule has 1 aliphatic rings. The molecule has 0 radical (unpaired) electrons. The third-order valence-electron chi connectivity index (χ3n) is 3.63. The maximum atomic E-state index is 6.16. The SMILES string of the molecule is COc1cccc(N2CC(C)OC(C)(C)C2)c1[C@H](C)N. The molecule has 2 N–H and O–H groups in total. The lowest BCUT2D eigenvalue weighted by atomic mass is 10.00. The fraction of sp³-hybridized carbons (Fsp3) is 0.625. The molecule has 1 aliphatic heterocycles. The first kappa shape index (κ1) is 15.1. The van der Waals surface area contributed by atoms with E-state index in [0.717, 1.165) is 30.1 Å². The normalized spacial score (nSPS) is 23.5. The molecule has 20 heavy (non-hydrogen) atoms. The van der Waals surface area contributed by atoms with Gasteiger partial charge in [-0.25, -0.2) is 0 Å². The molecule has 2 rings (SSSR count). The van der Waals surface area contributed by atoms with E-state index < -0.39 is 0 Å². The van der Waals surface area contributed by atoms with Gasteiger partial charge in [0.25, 0.3) is 0 Å². The molecule has 0 bridgehead atoms. The largest absolute Gasteiger partial charge is 0.496 e. The van der Waals surface area contributed by atoms with Crippen molar-refractivity contribution in [2.45, 2.75) is 45.4 Å². The zero-order chi connectivity index (χ0) is 14.9. The van der Waals surface area contributed by atoms with Crippen LogP contribution in [0, 0.1) is 0 Å². The van der Waals surface area contributed by atoms with Gasteiger partial charge in [-0.05, 0) is 39.8 Å². The first-order valence-corrected chi connectivity index (χ1v) is 7.19. The highest BCUT2D eigenvalue weighted by molar-refractivity contribution is 5.61. The van der Waals surface area contributed by atoms with Crippen molar-refractivity contribution < 1.29 is 9.47 Å². The third kappa shape index (κ3) is 3.07. The second-order valence-corrected chi connectivity index (χ2v) is 6.25. The average Bonchev–Trinajstić information content (AvgIpc) is 2.35. The number of rotatable bonds is 3. The van der Waals surface area contributed by atoms with Crippen LogP contribution in [0.25, 0.3) is 0 Å². The van der Waals surface area contributed by atoms with Gasteiger partial charge in [0.05, 0.1) is 18.8 Å². The van der Waals surface area contributed by atoms with Gasteiger partial charge >= 0.3 is 0 Å². The summed E-state index contributed by atoms with van der Waals surface area (Å²) in [6.07, 6.45) is 0.200. The average molecular weight is 278 g/mol. The van der Waals surface area contributed by atoms with E-state index in [1.54, 1.807) is 7.11 Å². The Labute approximate surface area is 121 Å². The minimum atomic E-state index is -0.157. The van der Waals surface area contributed by atoms with E-state index >= 15 is 0 Å². The van der Waals surface area contributed by atoms with Crippen LogP contribution < -0.4 is 15.4 Å². The van der Waals surface area contributed by atoms with Crippen molar-refractivity contribution in [2.75, 3.05) is 25.1 Å². The molecular formula is C16H26N2O2. The van der Waals surface area contributed by atoms with Crippen molar-refractivity contribution in [2.24, 2.45) is 5.73 Å². The van der Waals surface area contributed by atoms with Crippen LogP contribution in [0.1, 0.15) is 39.3 Å². The Kier molecular flexibility index (Phi) is 4.25. The molecule has 112 valence electrons. The zero-order valence-corrected chi connectivity index (χ0v) is 13.1. The lowest BCUT2D eigenvalue weighted by Crippen LogP contribution is -2.52. The number of anilines is 1. The van der Waals surface area contributed by atoms with Crippen LogP contribution >= 0.6 is 0 Å². The standard InChI is InChI=1S/C16H26N2O2/c1-11-9-18(10-16(3,4)20-11)13-7-6-8-14(19-5)15(13)12(2)17/h6-8,11-12H,9-10,17H2,1-5H3/t11?,12-/m0/s1. The minimum absolute atomic E-state index is 0.0672. The molecule has 1 fully saturated rings. The van der Waals surface area contributed by atoms with Crippen molar-refractivity contribution in [3.63, 3.8) is 0 Å². The number of morpholine rings is 1. The molecule has 1 heterocycles. The van der Waals surface area contributed by atoms with E-state index in [1.807, 2.05) is 19.1 Å². The molecule has 4 heteroatoms. The Hall–Kier alpha value is -1.26. The second-order valence-electron chi connectivity index (χ2n) is 6.25. The lowest BCUT2D eigenvalue weighted by Gasteiger charge is -2.43. The van der Waals surface area contributed by atoms with E-state index in [0.29, 0.717) is 0 Å². The molecule has 0 aromatic heterocycles. The van der Waals surface area contributed by atoms with Gasteiger partial charge in [-0.3, -0.25) is 0 Å². The third-order valence-corrected chi connectivity index (χ3v) is 3.63. The molecule has 0 aliphatic carbocycles. The quantitative estimate of drug-likeness (QED) is 0.923. The summed E-state index contributed by atoms with van der Waals surface area (Å²) < 4.78 is 11.5. The first-order valence-electron chi connectivity index (χ1n) is 7.19. The summed E-state index contributed by atoms with van der Waals surface area (Å²) in [5.41, 5.74) is 8.23. The first-order chi connectivity index (χ1) is 9.34. The van der Waals surface area contributed by atoms with Crippen molar-refractivity contribution in [1.29, 1.82) is 0 Å². The molecule has 1 saturated heterocycles. The zero-order valence-electron chi connectivity index (χ0n) is 13.1. The number of hydrogen-bond acceptors (Lipinski definition) is 4. The number of ether oxygens (including phenoxy) is 2. The van der Waals surface area contributed by atoms with E-state index in [-0.39, 0.29) is 17.7 Å². The molecule has 0 spiro atoms. The number of nitrogens with two attached hydrogens (primary N) is 1.